The van der Waals surface area contributed by atoms with Crippen molar-refractivity contribution >= 4 is 34.8 Å². The summed E-state index contributed by atoms with van der Waals surface area (Å²) in [5.41, 5.74) is 0.941. The molecule has 0 radical (unpaired) electrons. The lowest BCUT2D eigenvalue weighted by Crippen LogP contribution is -2.29. The van der Waals surface area contributed by atoms with Crippen molar-refractivity contribution in [3.05, 3.63) is 70.7 Å². The number of carbonyl (C=O) groups excluding carboxylic acids is 1. The zero-order valence-corrected chi connectivity index (χ0v) is 12.4. The van der Waals surface area contributed by atoms with E-state index >= 15 is 0 Å². The van der Waals surface area contributed by atoms with Crippen LogP contribution in [0.1, 0.15) is 5.69 Å². The highest BCUT2D eigenvalue weighted by molar-refractivity contribution is 6.30. The topological polar surface area (TPSA) is 33.2 Å². The number of carbonyl (C=O) groups is 1. The molecular weight excluding hydrogens is 314 g/mol. The summed E-state index contributed by atoms with van der Waals surface area (Å²) >= 11 is 11.5. The van der Waals surface area contributed by atoms with Crippen LogP contribution in [0.15, 0.2) is 49.1 Å². The number of hydrogen-bond acceptors (Lipinski definition) is 2. The summed E-state index contributed by atoms with van der Waals surface area (Å²) < 4.78 is 13.6. The molecule has 2 rings (SSSR count). The first-order valence-corrected chi connectivity index (χ1v) is 6.77. The van der Waals surface area contributed by atoms with E-state index in [1.807, 2.05) is 0 Å². The molecule has 0 aliphatic carbocycles. The first kappa shape index (κ1) is 15.5. The summed E-state index contributed by atoms with van der Waals surface area (Å²) in [6, 6.07) is 9.21. The fourth-order valence-electron chi connectivity index (χ4n) is 1.76. The van der Waals surface area contributed by atoms with Crippen LogP contribution in [0.5, 0.6) is 0 Å². The molecule has 0 fully saturated rings. The molecule has 3 nitrogen and oxygen atoms in total. The summed E-state index contributed by atoms with van der Waals surface area (Å²) in [5, 5.41) is 0.312. The van der Waals surface area contributed by atoms with Gasteiger partial charge in [-0.25, -0.2) is 9.37 Å². The second kappa shape index (κ2) is 6.70. The minimum absolute atomic E-state index is 0.00867. The number of hydrogen-bond donors (Lipinski definition) is 0. The van der Waals surface area contributed by atoms with Crippen LogP contribution in [0.4, 0.5) is 10.1 Å². The van der Waals surface area contributed by atoms with Crippen LogP contribution in [-0.4, -0.2) is 10.9 Å². The predicted octanol–water partition coefficient (Wildman–Crippen LogP) is 4.25. The van der Waals surface area contributed by atoms with E-state index in [-0.39, 0.29) is 17.5 Å². The van der Waals surface area contributed by atoms with Crippen molar-refractivity contribution < 1.29 is 9.18 Å². The molecule has 1 heterocycles. The molecule has 2 aromatic rings. The Balaban J connectivity index is 2.36. The van der Waals surface area contributed by atoms with E-state index in [9.17, 15) is 9.18 Å². The van der Waals surface area contributed by atoms with Crippen molar-refractivity contribution in [1.82, 2.24) is 4.98 Å². The molecule has 6 heteroatoms. The number of amides is 1. The number of aromatic nitrogens is 1. The summed E-state index contributed by atoms with van der Waals surface area (Å²) in [5.74, 6) is -0.978. The van der Waals surface area contributed by atoms with E-state index in [0.717, 1.165) is 6.08 Å². The molecule has 21 heavy (non-hydrogen) atoms. The molecule has 1 aromatic heterocycles. The lowest BCUT2D eigenvalue weighted by molar-refractivity contribution is -0.114. The van der Waals surface area contributed by atoms with Gasteiger partial charge in [-0.3, -0.25) is 4.79 Å². The molecule has 0 atom stereocenters. The number of nitrogens with zero attached hydrogens (tertiary/aromatic N) is 2. The summed E-state index contributed by atoms with van der Waals surface area (Å²) in [6.45, 7) is 3.59. The predicted molar refractivity (Wildman–Crippen MR) is 82.0 cm³/mol. The maximum Gasteiger partial charge on any atom is 0.250 e. The van der Waals surface area contributed by atoms with Crippen LogP contribution < -0.4 is 4.90 Å². The minimum Gasteiger partial charge on any atom is -0.303 e. The summed E-state index contributed by atoms with van der Waals surface area (Å²) in [4.78, 5) is 17.4. The molecule has 0 spiro atoms. The average Bonchev–Trinajstić information content (AvgIpc) is 2.47. The third-order valence-corrected chi connectivity index (χ3v) is 3.27. The molecule has 108 valence electrons. The highest BCUT2D eigenvalue weighted by Gasteiger charge is 2.16. The van der Waals surface area contributed by atoms with Crippen molar-refractivity contribution in [3.8, 4) is 0 Å². The van der Waals surface area contributed by atoms with E-state index in [1.165, 1.54) is 17.0 Å². The Morgan fingerprint density at radius 3 is 2.71 bits per heavy atom. The number of anilines is 1. The van der Waals surface area contributed by atoms with Crippen LogP contribution >= 0.6 is 23.2 Å². The van der Waals surface area contributed by atoms with Gasteiger partial charge in [0.25, 0.3) is 5.91 Å². The maximum absolute atomic E-state index is 13.6. The largest absolute Gasteiger partial charge is 0.303 e. The first-order valence-electron chi connectivity index (χ1n) is 6.01. The van der Waals surface area contributed by atoms with Gasteiger partial charge in [-0.2, -0.15) is 0 Å². The number of benzene rings is 1. The molecule has 0 aliphatic rings. The van der Waals surface area contributed by atoms with Gasteiger partial charge in [0.15, 0.2) is 0 Å². The van der Waals surface area contributed by atoms with Gasteiger partial charge in [-0.15, -0.1) is 0 Å². The van der Waals surface area contributed by atoms with E-state index in [4.69, 9.17) is 23.2 Å². The molecule has 0 aliphatic heterocycles. The molecule has 0 unspecified atom stereocenters. The fraction of sp³-hybridized carbons (Fsp3) is 0.0667. The highest BCUT2D eigenvalue weighted by Crippen LogP contribution is 2.23. The van der Waals surface area contributed by atoms with E-state index in [1.54, 1.807) is 24.3 Å². The Hall–Kier alpha value is -1.91. The molecule has 0 saturated heterocycles. The van der Waals surface area contributed by atoms with Crippen LogP contribution in [0.25, 0.3) is 0 Å². The number of halogens is 3. The fourth-order valence-corrected chi connectivity index (χ4v) is 2.06. The molecule has 0 saturated carbocycles. The second-order valence-corrected chi connectivity index (χ2v) is 4.97. The number of rotatable bonds is 4. The Labute approximate surface area is 131 Å². The zero-order valence-electron chi connectivity index (χ0n) is 10.9. The van der Waals surface area contributed by atoms with Crippen molar-refractivity contribution in [2.24, 2.45) is 0 Å². The molecule has 0 N–H and O–H groups in total. The minimum atomic E-state index is -0.602. The number of pyridine rings is 1. The third kappa shape index (κ3) is 3.80. The lowest BCUT2D eigenvalue weighted by atomic mass is 10.2. The zero-order chi connectivity index (χ0) is 15.4. The van der Waals surface area contributed by atoms with Gasteiger partial charge in [-0.1, -0.05) is 35.8 Å². The van der Waals surface area contributed by atoms with Gasteiger partial charge in [0.1, 0.15) is 11.0 Å². The Bertz CT molecular complexity index is 691. The van der Waals surface area contributed by atoms with E-state index < -0.39 is 5.82 Å². The standard InChI is InChI=1S/C15H11Cl2FN2O/c1-2-15(21)20(9-10-4-3-5-14(17)19-10)11-6-7-12(16)13(18)8-11/h2-8H,1,9H2. The van der Waals surface area contributed by atoms with Crippen LogP contribution in [0, 0.1) is 5.82 Å². The van der Waals surface area contributed by atoms with Gasteiger partial charge >= 0.3 is 0 Å². The van der Waals surface area contributed by atoms with Gasteiger partial charge < -0.3 is 4.90 Å². The second-order valence-electron chi connectivity index (χ2n) is 4.18. The third-order valence-electron chi connectivity index (χ3n) is 2.75. The highest BCUT2D eigenvalue weighted by atomic mass is 35.5. The Morgan fingerprint density at radius 1 is 1.33 bits per heavy atom. The van der Waals surface area contributed by atoms with Crippen molar-refractivity contribution in [3.63, 3.8) is 0 Å². The van der Waals surface area contributed by atoms with Gasteiger partial charge in [0, 0.05) is 5.69 Å². The van der Waals surface area contributed by atoms with Gasteiger partial charge in [-0.05, 0) is 36.4 Å². The van der Waals surface area contributed by atoms with Crippen LogP contribution in [0.3, 0.4) is 0 Å². The molecular formula is C15H11Cl2FN2O. The van der Waals surface area contributed by atoms with E-state index in [2.05, 4.69) is 11.6 Å². The summed E-state index contributed by atoms with van der Waals surface area (Å²) in [7, 11) is 0. The Morgan fingerprint density at radius 2 is 2.10 bits per heavy atom. The molecule has 1 aromatic carbocycles. The maximum atomic E-state index is 13.6. The molecule has 1 amide bonds. The SMILES string of the molecule is C=CC(=O)N(Cc1cccc(Cl)n1)c1ccc(Cl)c(F)c1. The van der Waals surface area contributed by atoms with Gasteiger partial charge in [0.05, 0.1) is 17.3 Å². The Kier molecular flexibility index (Phi) is 4.94. The smallest absolute Gasteiger partial charge is 0.250 e. The van der Waals surface area contributed by atoms with Crippen molar-refractivity contribution in [2.45, 2.75) is 6.54 Å². The van der Waals surface area contributed by atoms with Crippen LogP contribution in [-0.2, 0) is 11.3 Å². The van der Waals surface area contributed by atoms with Gasteiger partial charge in [0.2, 0.25) is 0 Å². The van der Waals surface area contributed by atoms with E-state index in [0.29, 0.717) is 16.5 Å². The lowest BCUT2D eigenvalue weighted by Gasteiger charge is -2.21. The quantitative estimate of drug-likeness (QED) is 0.622. The monoisotopic (exact) mass is 324 g/mol. The van der Waals surface area contributed by atoms with Crippen LogP contribution in [0.2, 0.25) is 10.2 Å². The van der Waals surface area contributed by atoms with Crippen molar-refractivity contribution in [2.75, 3.05) is 4.90 Å². The first-order chi connectivity index (χ1) is 10.0. The molecule has 0 bridgehead atoms. The average molecular weight is 325 g/mol. The normalized spacial score (nSPS) is 10.2. The van der Waals surface area contributed by atoms with Crippen molar-refractivity contribution in [1.29, 1.82) is 0 Å². The summed E-state index contributed by atoms with van der Waals surface area (Å²) in [6.07, 6.45) is 1.15.